The van der Waals surface area contributed by atoms with Crippen molar-refractivity contribution in [2.24, 2.45) is 5.92 Å². The first kappa shape index (κ1) is 13.5. The van der Waals surface area contributed by atoms with Gasteiger partial charge in [0.05, 0.1) is 5.69 Å². The Bertz CT molecular complexity index is 555. The van der Waals surface area contributed by atoms with E-state index in [4.69, 9.17) is 0 Å². The average molecular weight is 269 g/mol. The van der Waals surface area contributed by atoms with E-state index in [-0.39, 0.29) is 5.69 Å². The molecular formula is C13H14F3N3. The molecule has 1 N–H and O–H groups in total. The number of halogens is 3. The van der Waals surface area contributed by atoms with Gasteiger partial charge >= 0.3 is 0 Å². The second-order valence-electron chi connectivity index (χ2n) is 4.62. The molecule has 0 saturated carbocycles. The van der Waals surface area contributed by atoms with Gasteiger partial charge in [0.25, 0.3) is 0 Å². The van der Waals surface area contributed by atoms with Gasteiger partial charge in [0.2, 0.25) is 5.95 Å². The molecule has 0 fully saturated rings. The van der Waals surface area contributed by atoms with Crippen LogP contribution in [0.5, 0.6) is 0 Å². The van der Waals surface area contributed by atoms with Gasteiger partial charge in [-0.25, -0.2) is 18.2 Å². The molecule has 0 unspecified atom stereocenters. The molecule has 2 aromatic rings. The van der Waals surface area contributed by atoms with Crippen LogP contribution in [0.1, 0.15) is 13.8 Å². The summed E-state index contributed by atoms with van der Waals surface area (Å²) < 4.78 is 40.8. The van der Waals surface area contributed by atoms with Gasteiger partial charge in [-0.05, 0) is 5.92 Å². The summed E-state index contributed by atoms with van der Waals surface area (Å²) in [5, 5.41) is 3.06. The quantitative estimate of drug-likeness (QED) is 0.862. The SMILES string of the molecule is CC(C)CNc1nccn1-c1cc(F)c(F)c(F)c1. The molecule has 2 rings (SSSR count). The normalized spacial score (nSPS) is 11.1. The highest BCUT2D eigenvalue weighted by Gasteiger charge is 2.13. The summed E-state index contributed by atoms with van der Waals surface area (Å²) in [5.41, 5.74) is 0.181. The Labute approximate surface area is 109 Å². The summed E-state index contributed by atoms with van der Waals surface area (Å²) in [5.74, 6) is -3.07. The monoisotopic (exact) mass is 269 g/mol. The molecule has 1 heterocycles. The maximum Gasteiger partial charge on any atom is 0.207 e. The highest BCUT2D eigenvalue weighted by molar-refractivity contribution is 5.42. The molecule has 0 saturated heterocycles. The molecule has 0 aliphatic heterocycles. The molecule has 0 amide bonds. The van der Waals surface area contributed by atoms with Gasteiger partial charge < -0.3 is 5.32 Å². The van der Waals surface area contributed by atoms with Crippen molar-refractivity contribution < 1.29 is 13.2 Å². The van der Waals surface area contributed by atoms with Crippen LogP contribution in [-0.4, -0.2) is 16.1 Å². The highest BCUT2D eigenvalue weighted by atomic mass is 19.2. The lowest BCUT2D eigenvalue weighted by molar-refractivity contribution is 0.446. The lowest BCUT2D eigenvalue weighted by Crippen LogP contribution is -2.12. The minimum Gasteiger partial charge on any atom is -0.355 e. The predicted molar refractivity (Wildman–Crippen MR) is 66.8 cm³/mol. The van der Waals surface area contributed by atoms with Crippen molar-refractivity contribution >= 4 is 5.95 Å². The first-order valence-corrected chi connectivity index (χ1v) is 5.91. The van der Waals surface area contributed by atoms with Crippen molar-refractivity contribution in [3.8, 4) is 5.69 Å². The van der Waals surface area contributed by atoms with Crippen LogP contribution < -0.4 is 5.32 Å². The fraction of sp³-hybridized carbons (Fsp3) is 0.308. The number of hydrogen-bond acceptors (Lipinski definition) is 2. The van der Waals surface area contributed by atoms with E-state index in [1.165, 1.54) is 10.8 Å². The van der Waals surface area contributed by atoms with Crippen molar-refractivity contribution in [2.75, 3.05) is 11.9 Å². The van der Waals surface area contributed by atoms with Gasteiger partial charge in [-0.1, -0.05) is 13.8 Å². The molecule has 3 nitrogen and oxygen atoms in total. The third kappa shape index (κ3) is 2.89. The summed E-state index contributed by atoms with van der Waals surface area (Å²) in [6.45, 7) is 4.72. The van der Waals surface area contributed by atoms with Gasteiger partial charge in [-0.2, -0.15) is 0 Å². The number of rotatable bonds is 4. The van der Waals surface area contributed by atoms with Crippen molar-refractivity contribution in [3.63, 3.8) is 0 Å². The van der Waals surface area contributed by atoms with Crippen molar-refractivity contribution in [1.29, 1.82) is 0 Å². The minimum atomic E-state index is -1.47. The predicted octanol–water partition coefficient (Wildman–Crippen LogP) is 3.36. The van der Waals surface area contributed by atoms with Crippen LogP contribution in [0.3, 0.4) is 0 Å². The number of nitrogens with zero attached hydrogens (tertiary/aromatic N) is 2. The zero-order valence-corrected chi connectivity index (χ0v) is 10.6. The van der Waals surface area contributed by atoms with Crippen LogP contribution >= 0.6 is 0 Å². The minimum absolute atomic E-state index is 0.181. The van der Waals surface area contributed by atoms with E-state index in [1.807, 2.05) is 13.8 Å². The molecule has 1 aromatic carbocycles. The summed E-state index contributed by atoms with van der Waals surface area (Å²) in [7, 11) is 0. The Morgan fingerprint density at radius 2 is 1.84 bits per heavy atom. The molecule has 0 aliphatic carbocycles. The molecule has 0 bridgehead atoms. The van der Waals surface area contributed by atoms with Gasteiger partial charge in [-0.15, -0.1) is 0 Å². The Kier molecular flexibility index (Phi) is 3.78. The average Bonchev–Trinajstić information content (AvgIpc) is 2.81. The van der Waals surface area contributed by atoms with E-state index in [0.29, 0.717) is 18.4 Å². The molecule has 102 valence electrons. The molecule has 0 atom stereocenters. The Morgan fingerprint density at radius 1 is 1.21 bits per heavy atom. The third-order valence-electron chi connectivity index (χ3n) is 2.56. The Morgan fingerprint density at radius 3 is 2.42 bits per heavy atom. The van der Waals surface area contributed by atoms with E-state index in [1.54, 1.807) is 6.20 Å². The number of aromatic nitrogens is 2. The summed E-state index contributed by atoms with van der Waals surface area (Å²) in [6, 6.07) is 1.86. The summed E-state index contributed by atoms with van der Waals surface area (Å²) in [6.07, 6.45) is 3.05. The standard InChI is InChI=1S/C13H14F3N3/c1-8(2)7-18-13-17-3-4-19(13)9-5-10(14)12(16)11(15)6-9/h3-6,8H,7H2,1-2H3,(H,17,18). The summed E-state index contributed by atoms with van der Waals surface area (Å²) >= 11 is 0. The second kappa shape index (κ2) is 5.34. The zero-order chi connectivity index (χ0) is 14.0. The van der Waals surface area contributed by atoms with E-state index < -0.39 is 17.5 Å². The fourth-order valence-corrected chi connectivity index (χ4v) is 1.62. The Balaban J connectivity index is 2.34. The first-order valence-electron chi connectivity index (χ1n) is 5.91. The van der Waals surface area contributed by atoms with Crippen LogP contribution in [0.15, 0.2) is 24.5 Å². The zero-order valence-electron chi connectivity index (χ0n) is 10.6. The second-order valence-corrected chi connectivity index (χ2v) is 4.62. The van der Waals surface area contributed by atoms with E-state index in [0.717, 1.165) is 12.1 Å². The van der Waals surface area contributed by atoms with E-state index in [2.05, 4.69) is 10.3 Å². The van der Waals surface area contributed by atoms with Crippen molar-refractivity contribution in [3.05, 3.63) is 42.0 Å². The third-order valence-corrected chi connectivity index (χ3v) is 2.56. The van der Waals surface area contributed by atoms with Crippen LogP contribution in [0.25, 0.3) is 5.69 Å². The van der Waals surface area contributed by atoms with Crippen molar-refractivity contribution in [1.82, 2.24) is 9.55 Å². The van der Waals surface area contributed by atoms with Crippen LogP contribution in [0.4, 0.5) is 19.1 Å². The van der Waals surface area contributed by atoms with Gasteiger partial charge in [0.1, 0.15) is 0 Å². The molecule has 0 radical (unpaired) electrons. The van der Waals surface area contributed by atoms with Crippen LogP contribution in [-0.2, 0) is 0 Å². The maximum absolute atomic E-state index is 13.2. The maximum atomic E-state index is 13.2. The van der Waals surface area contributed by atoms with Crippen LogP contribution in [0, 0.1) is 23.4 Å². The molecule has 19 heavy (non-hydrogen) atoms. The smallest absolute Gasteiger partial charge is 0.207 e. The number of benzene rings is 1. The largest absolute Gasteiger partial charge is 0.355 e. The molecule has 0 spiro atoms. The number of nitrogens with one attached hydrogen (secondary N) is 1. The van der Waals surface area contributed by atoms with Gasteiger partial charge in [0.15, 0.2) is 17.5 Å². The highest BCUT2D eigenvalue weighted by Crippen LogP contribution is 2.20. The Hall–Kier alpha value is -1.98. The molecular weight excluding hydrogens is 255 g/mol. The number of imidazole rings is 1. The molecule has 6 heteroatoms. The first-order chi connectivity index (χ1) is 8.99. The van der Waals surface area contributed by atoms with E-state index in [9.17, 15) is 13.2 Å². The molecule has 0 aliphatic rings. The van der Waals surface area contributed by atoms with Crippen molar-refractivity contribution in [2.45, 2.75) is 13.8 Å². The number of anilines is 1. The topological polar surface area (TPSA) is 29.9 Å². The summed E-state index contributed by atoms with van der Waals surface area (Å²) in [4.78, 5) is 4.06. The van der Waals surface area contributed by atoms with Gasteiger partial charge in [-0.3, -0.25) is 4.57 Å². The van der Waals surface area contributed by atoms with E-state index >= 15 is 0 Å². The fourth-order valence-electron chi connectivity index (χ4n) is 1.62. The van der Waals surface area contributed by atoms with Crippen LogP contribution in [0.2, 0.25) is 0 Å². The molecule has 1 aromatic heterocycles. The lowest BCUT2D eigenvalue weighted by Gasteiger charge is -2.11. The number of hydrogen-bond donors (Lipinski definition) is 1. The lowest BCUT2D eigenvalue weighted by atomic mass is 10.2. The van der Waals surface area contributed by atoms with Gasteiger partial charge in [0, 0.05) is 31.1 Å².